The van der Waals surface area contributed by atoms with Crippen LogP contribution in [0.2, 0.25) is 10.0 Å². The monoisotopic (exact) mass is 302 g/mol. The number of benzene rings is 1. The van der Waals surface area contributed by atoms with Crippen LogP contribution in [0, 0.1) is 0 Å². The fourth-order valence-electron chi connectivity index (χ4n) is 1.59. The van der Waals surface area contributed by atoms with Gasteiger partial charge in [-0.25, -0.2) is 0 Å². The molecule has 0 aliphatic rings. The molecule has 1 rings (SSSR count). The standard InChI is InChI=1S/C13H16Cl2N2O2/c1-8(13(19)17(2)3)16-12(18)7-9-6-10(14)4-5-11(9)15/h4-6,8H,7H2,1-3H3,(H,16,18)/t8-/m1/s1. The van der Waals surface area contributed by atoms with Gasteiger partial charge in [0, 0.05) is 24.1 Å². The molecule has 0 heterocycles. The minimum atomic E-state index is -0.569. The number of amides is 2. The number of halogens is 2. The highest BCUT2D eigenvalue weighted by molar-refractivity contribution is 6.33. The van der Waals surface area contributed by atoms with Crippen LogP contribution >= 0.6 is 23.2 Å². The predicted molar refractivity (Wildman–Crippen MR) is 76.5 cm³/mol. The summed E-state index contributed by atoms with van der Waals surface area (Å²) in [6, 6.07) is 4.37. The summed E-state index contributed by atoms with van der Waals surface area (Å²) < 4.78 is 0. The lowest BCUT2D eigenvalue weighted by Gasteiger charge is -2.18. The van der Waals surface area contributed by atoms with Gasteiger partial charge in [0.25, 0.3) is 0 Å². The molecule has 1 aromatic rings. The Balaban J connectivity index is 2.65. The molecule has 0 aromatic heterocycles. The number of hydrogen-bond donors (Lipinski definition) is 1. The van der Waals surface area contributed by atoms with Gasteiger partial charge in [0.2, 0.25) is 11.8 Å². The molecule has 0 spiro atoms. The molecule has 0 aliphatic carbocycles. The molecule has 0 radical (unpaired) electrons. The van der Waals surface area contributed by atoms with Gasteiger partial charge < -0.3 is 10.2 Å². The Hall–Kier alpha value is -1.26. The Kier molecular flexibility index (Phi) is 5.63. The molecule has 0 saturated carbocycles. The fourth-order valence-corrected chi connectivity index (χ4v) is 1.97. The average molecular weight is 303 g/mol. The normalized spacial score (nSPS) is 11.8. The summed E-state index contributed by atoms with van der Waals surface area (Å²) in [6.45, 7) is 1.64. The van der Waals surface area contributed by atoms with Crippen molar-refractivity contribution in [1.82, 2.24) is 10.2 Å². The molecule has 4 nitrogen and oxygen atoms in total. The van der Waals surface area contributed by atoms with Crippen LogP contribution in [0.1, 0.15) is 12.5 Å². The Morgan fingerprint density at radius 3 is 2.53 bits per heavy atom. The quantitative estimate of drug-likeness (QED) is 0.926. The SMILES string of the molecule is C[C@@H](NC(=O)Cc1cc(Cl)ccc1Cl)C(=O)N(C)C. The Bertz CT molecular complexity index is 490. The number of rotatable bonds is 4. The number of likely N-dealkylation sites (N-methyl/N-ethyl adjacent to an activating group) is 1. The number of nitrogens with zero attached hydrogens (tertiary/aromatic N) is 1. The summed E-state index contributed by atoms with van der Waals surface area (Å²) >= 11 is 11.8. The minimum Gasteiger partial charge on any atom is -0.347 e. The van der Waals surface area contributed by atoms with Crippen molar-refractivity contribution < 1.29 is 9.59 Å². The summed E-state index contributed by atoms with van der Waals surface area (Å²) in [5.74, 6) is -0.433. The van der Waals surface area contributed by atoms with Crippen molar-refractivity contribution in [3.8, 4) is 0 Å². The van der Waals surface area contributed by atoms with Crippen molar-refractivity contribution in [2.24, 2.45) is 0 Å². The second-order valence-corrected chi connectivity index (χ2v) is 5.28. The third-order valence-electron chi connectivity index (χ3n) is 2.55. The van der Waals surface area contributed by atoms with E-state index in [1.165, 1.54) is 4.90 Å². The van der Waals surface area contributed by atoms with Crippen LogP contribution in [0.4, 0.5) is 0 Å². The van der Waals surface area contributed by atoms with Crippen molar-refractivity contribution in [2.45, 2.75) is 19.4 Å². The second-order valence-electron chi connectivity index (χ2n) is 4.43. The van der Waals surface area contributed by atoms with E-state index in [1.807, 2.05) is 0 Å². The number of carbonyl (C=O) groups excluding carboxylic acids is 2. The van der Waals surface area contributed by atoms with Crippen LogP contribution in [0.3, 0.4) is 0 Å². The molecule has 1 N–H and O–H groups in total. The zero-order valence-corrected chi connectivity index (χ0v) is 12.5. The van der Waals surface area contributed by atoms with Crippen molar-refractivity contribution in [2.75, 3.05) is 14.1 Å². The van der Waals surface area contributed by atoms with Crippen LogP contribution < -0.4 is 5.32 Å². The van der Waals surface area contributed by atoms with Gasteiger partial charge in [-0.2, -0.15) is 0 Å². The molecule has 1 aromatic carbocycles. The molecule has 19 heavy (non-hydrogen) atoms. The van der Waals surface area contributed by atoms with Crippen LogP contribution in [0.5, 0.6) is 0 Å². The lowest BCUT2D eigenvalue weighted by molar-refractivity contribution is -0.133. The molecule has 0 saturated heterocycles. The predicted octanol–water partition coefficient (Wildman–Crippen LogP) is 2.13. The molecule has 104 valence electrons. The number of hydrogen-bond acceptors (Lipinski definition) is 2. The topological polar surface area (TPSA) is 49.4 Å². The van der Waals surface area contributed by atoms with Crippen LogP contribution in [-0.2, 0) is 16.0 Å². The summed E-state index contributed by atoms with van der Waals surface area (Å²) in [5.41, 5.74) is 0.635. The van der Waals surface area contributed by atoms with Gasteiger partial charge in [-0.15, -0.1) is 0 Å². The maximum atomic E-state index is 11.8. The first kappa shape index (κ1) is 15.8. The maximum Gasteiger partial charge on any atom is 0.244 e. The van der Waals surface area contributed by atoms with Crippen LogP contribution in [-0.4, -0.2) is 36.9 Å². The van der Waals surface area contributed by atoms with E-state index >= 15 is 0 Å². The van der Waals surface area contributed by atoms with Gasteiger partial charge in [-0.1, -0.05) is 23.2 Å². The lowest BCUT2D eigenvalue weighted by atomic mass is 10.1. The van der Waals surface area contributed by atoms with Crippen molar-refractivity contribution in [3.63, 3.8) is 0 Å². The lowest BCUT2D eigenvalue weighted by Crippen LogP contribution is -2.44. The minimum absolute atomic E-state index is 0.0877. The molecule has 0 aliphatic heterocycles. The summed E-state index contributed by atoms with van der Waals surface area (Å²) in [6.07, 6.45) is 0.0877. The average Bonchev–Trinajstić information content (AvgIpc) is 2.32. The molecule has 0 unspecified atom stereocenters. The highest BCUT2D eigenvalue weighted by Crippen LogP contribution is 2.20. The smallest absolute Gasteiger partial charge is 0.244 e. The highest BCUT2D eigenvalue weighted by Gasteiger charge is 2.17. The first-order valence-electron chi connectivity index (χ1n) is 5.75. The van der Waals surface area contributed by atoms with Gasteiger partial charge in [-0.3, -0.25) is 9.59 Å². The van der Waals surface area contributed by atoms with Gasteiger partial charge in [-0.05, 0) is 30.7 Å². The molecule has 0 fully saturated rings. The third kappa shape index (κ3) is 4.73. The van der Waals surface area contributed by atoms with E-state index in [0.29, 0.717) is 15.6 Å². The van der Waals surface area contributed by atoms with Crippen molar-refractivity contribution in [1.29, 1.82) is 0 Å². The molecule has 6 heteroatoms. The van der Waals surface area contributed by atoms with E-state index in [2.05, 4.69) is 5.32 Å². The Morgan fingerprint density at radius 1 is 1.32 bits per heavy atom. The van der Waals surface area contributed by atoms with Crippen molar-refractivity contribution >= 4 is 35.0 Å². The number of carbonyl (C=O) groups is 2. The van der Waals surface area contributed by atoms with E-state index in [0.717, 1.165) is 0 Å². The van der Waals surface area contributed by atoms with E-state index in [4.69, 9.17) is 23.2 Å². The maximum absolute atomic E-state index is 11.8. The fraction of sp³-hybridized carbons (Fsp3) is 0.385. The van der Waals surface area contributed by atoms with Crippen molar-refractivity contribution in [3.05, 3.63) is 33.8 Å². The summed E-state index contributed by atoms with van der Waals surface area (Å²) in [7, 11) is 3.28. The van der Waals surface area contributed by atoms with Crippen LogP contribution in [0.25, 0.3) is 0 Å². The largest absolute Gasteiger partial charge is 0.347 e. The van der Waals surface area contributed by atoms with E-state index in [1.54, 1.807) is 39.2 Å². The van der Waals surface area contributed by atoms with E-state index < -0.39 is 6.04 Å². The second kappa shape index (κ2) is 6.78. The summed E-state index contributed by atoms with van der Waals surface area (Å²) in [5, 5.41) is 3.62. The van der Waals surface area contributed by atoms with Crippen LogP contribution in [0.15, 0.2) is 18.2 Å². The highest BCUT2D eigenvalue weighted by atomic mass is 35.5. The third-order valence-corrected chi connectivity index (χ3v) is 3.15. The van der Waals surface area contributed by atoms with E-state index in [9.17, 15) is 9.59 Å². The molecular formula is C13H16Cl2N2O2. The van der Waals surface area contributed by atoms with E-state index in [-0.39, 0.29) is 18.2 Å². The Morgan fingerprint density at radius 2 is 1.95 bits per heavy atom. The zero-order valence-electron chi connectivity index (χ0n) is 11.0. The molecule has 1 atom stereocenters. The first-order valence-corrected chi connectivity index (χ1v) is 6.51. The van der Waals surface area contributed by atoms with Gasteiger partial charge >= 0.3 is 0 Å². The van der Waals surface area contributed by atoms with Gasteiger partial charge in [0.15, 0.2) is 0 Å². The van der Waals surface area contributed by atoms with Gasteiger partial charge in [0.05, 0.1) is 6.42 Å². The molecular weight excluding hydrogens is 287 g/mol. The zero-order chi connectivity index (χ0) is 14.6. The summed E-state index contributed by atoms with van der Waals surface area (Å²) in [4.78, 5) is 24.9. The first-order chi connectivity index (χ1) is 8.81. The number of nitrogens with one attached hydrogen (secondary N) is 1. The van der Waals surface area contributed by atoms with Gasteiger partial charge in [0.1, 0.15) is 6.04 Å². The molecule has 2 amide bonds. The molecule has 0 bridgehead atoms. The Labute approximate surface area is 122 Å².